The van der Waals surface area contributed by atoms with E-state index in [1.165, 1.54) is 0 Å². The topological polar surface area (TPSA) is 63.8 Å². The van der Waals surface area contributed by atoms with Crippen molar-refractivity contribution in [1.82, 2.24) is 9.97 Å². The summed E-state index contributed by atoms with van der Waals surface area (Å²) < 4.78 is 0. The third kappa shape index (κ3) is 2.28. The fourth-order valence-corrected chi connectivity index (χ4v) is 2.30. The number of nitrogen functional groups attached to an aromatic ring is 1. The summed E-state index contributed by atoms with van der Waals surface area (Å²) in [7, 11) is 0. The van der Waals surface area contributed by atoms with E-state index in [2.05, 4.69) is 22.2 Å². The Labute approximate surface area is 117 Å². The van der Waals surface area contributed by atoms with E-state index >= 15 is 0 Å². The van der Waals surface area contributed by atoms with E-state index in [0.717, 1.165) is 33.5 Å². The average Bonchev–Trinajstić information content (AvgIpc) is 2.50. The highest BCUT2D eigenvalue weighted by molar-refractivity contribution is 6.01. The van der Waals surface area contributed by atoms with Crippen molar-refractivity contribution in [2.75, 3.05) is 11.1 Å². The SMILES string of the molecule is Cc1ccc(N)c2ccnc(NCc3ccccn3)c12. The Balaban J connectivity index is 1.98. The van der Waals surface area contributed by atoms with E-state index in [9.17, 15) is 0 Å². The first-order chi connectivity index (χ1) is 9.75. The van der Waals surface area contributed by atoms with Gasteiger partial charge in [-0.05, 0) is 36.8 Å². The van der Waals surface area contributed by atoms with Crippen LogP contribution in [0.2, 0.25) is 0 Å². The first-order valence-electron chi connectivity index (χ1n) is 6.53. The van der Waals surface area contributed by atoms with Gasteiger partial charge in [0, 0.05) is 28.9 Å². The van der Waals surface area contributed by atoms with Crippen LogP contribution in [0.25, 0.3) is 10.8 Å². The van der Waals surface area contributed by atoms with Crippen molar-refractivity contribution in [2.45, 2.75) is 13.5 Å². The first-order valence-corrected chi connectivity index (χ1v) is 6.53. The van der Waals surface area contributed by atoms with Gasteiger partial charge in [0.1, 0.15) is 5.82 Å². The number of benzene rings is 1. The second-order valence-electron chi connectivity index (χ2n) is 4.73. The number of nitrogens with two attached hydrogens (primary N) is 1. The second-order valence-corrected chi connectivity index (χ2v) is 4.73. The lowest BCUT2D eigenvalue weighted by molar-refractivity contribution is 1.03. The second kappa shape index (κ2) is 5.17. The highest BCUT2D eigenvalue weighted by Crippen LogP contribution is 2.29. The highest BCUT2D eigenvalue weighted by atomic mass is 15.0. The van der Waals surface area contributed by atoms with Crippen molar-refractivity contribution in [3.63, 3.8) is 0 Å². The van der Waals surface area contributed by atoms with Crippen LogP contribution >= 0.6 is 0 Å². The van der Waals surface area contributed by atoms with Gasteiger partial charge in [-0.2, -0.15) is 0 Å². The molecule has 0 unspecified atom stereocenters. The zero-order valence-electron chi connectivity index (χ0n) is 11.3. The van der Waals surface area contributed by atoms with Crippen molar-refractivity contribution in [1.29, 1.82) is 0 Å². The monoisotopic (exact) mass is 264 g/mol. The molecule has 0 saturated carbocycles. The minimum absolute atomic E-state index is 0.640. The normalized spacial score (nSPS) is 10.7. The van der Waals surface area contributed by atoms with E-state index in [-0.39, 0.29) is 0 Å². The Morgan fingerprint density at radius 1 is 1.05 bits per heavy atom. The predicted molar refractivity (Wildman–Crippen MR) is 82.5 cm³/mol. The summed E-state index contributed by atoms with van der Waals surface area (Å²) in [5, 5.41) is 5.45. The molecule has 2 heterocycles. The van der Waals surface area contributed by atoms with Crippen molar-refractivity contribution >= 4 is 22.3 Å². The van der Waals surface area contributed by atoms with Gasteiger partial charge >= 0.3 is 0 Å². The van der Waals surface area contributed by atoms with Gasteiger partial charge in [-0.3, -0.25) is 4.98 Å². The smallest absolute Gasteiger partial charge is 0.134 e. The minimum Gasteiger partial charge on any atom is -0.398 e. The van der Waals surface area contributed by atoms with Gasteiger partial charge in [0.2, 0.25) is 0 Å². The summed E-state index contributed by atoms with van der Waals surface area (Å²) in [5.41, 5.74) is 8.94. The van der Waals surface area contributed by atoms with Crippen LogP contribution in [0.15, 0.2) is 48.8 Å². The summed E-state index contributed by atoms with van der Waals surface area (Å²) in [6.45, 7) is 2.70. The third-order valence-corrected chi connectivity index (χ3v) is 3.33. The zero-order chi connectivity index (χ0) is 13.9. The molecule has 4 nitrogen and oxygen atoms in total. The van der Waals surface area contributed by atoms with Gasteiger partial charge in [-0.1, -0.05) is 12.1 Å². The molecule has 0 aliphatic rings. The number of aryl methyl sites for hydroxylation is 1. The largest absolute Gasteiger partial charge is 0.398 e. The van der Waals surface area contributed by atoms with Gasteiger partial charge in [0.15, 0.2) is 0 Å². The quantitative estimate of drug-likeness (QED) is 0.713. The molecule has 3 aromatic rings. The molecule has 0 fully saturated rings. The number of rotatable bonds is 3. The van der Waals surface area contributed by atoms with Crippen LogP contribution in [0.5, 0.6) is 0 Å². The molecule has 0 saturated heterocycles. The standard InChI is InChI=1S/C16H16N4/c1-11-5-6-14(17)13-7-9-19-16(15(11)13)20-10-12-4-2-3-8-18-12/h2-9H,10,17H2,1H3,(H,19,20). The molecule has 0 atom stereocenters. The molecule has 0 aliphatic carbocycles. The van der Waals surface area contributed by atoms with Crippen LogP contribution in [-0.4, -0.2) is 9.97 Å². The third-order valence-electron chi connectivity index (χ3n) is 3.33. The van der Waals surface area contributed by atoms with Crippen molar-refractivity contribution in [3.05, 3.63) is 60.0 Å². The molecular formula is C16H16N4. The van der Waals surface area contributed by atoms with Crippen LogP contribution in [0.3, 0.4) is 0 Å². The molecule has 2 aromatic heterocycles. The Morgan fingerprint density at radius 2 is 1.95 bits per heavy atom. The maximum atomic E-state index is 6.03. The molecular weight excluding hydrogens is 248 g/mol. The van der Waals surface area contributed by atoms with Crippen LogP contribution in [0.1, 0.15) is 11.3 Å². The molecule has 0 spiro atoms. The molecule has 4 heteroatoms. The molecule has 0 bridgehead atoms. The van der Waals surface area contributed by atoms with E-state index in [1.807, 2.05) is 36.4 Å². The number of aromatic nitrogens is 2. The predicted octanol–water partition coefficient (Wildman–Crippen LogP) is 3.13. The minimum atomic E-state index is 0.640. The van der Waals surface area contributed by atoms with Crippen molar-refractivity contribution in [3.8, 4) is 0 Å². The van der Waals surface area contributed by atoms with E-state index in [4.69, 9.17) is 5.73 Å². The number of pyridine rings is 2. The molecule has 20 heavy (non-hydrogen) atoms. The molecule has 100 valence electrons. The summed E-state index contributed by atoms with van der Waals surface area (Å²) >= 11 is 0. The van der Waals surface area contributed by atoms with E-state index < -0.39 is 0 Å². The summed E-state index contributed by atoms with van der Waals surface area (Å²) in [6, 6.07) is 11.8. The van der Waals surface area contributed by atoms with Gasteiger partial charge < -0.3 is 11.1 Å². The lowest BCUT2D eigenvalue weighted by atomic mass is 10.1. The lowest BCUT2D eigenvalue weighted by Crippen LogP contribution is -2.04. The summed E-state index contributed by atoms with van der Waals surface area (Å²) in [5.74, 6) is 0.845. The Morgan fingerprint density at radius 3 is 2.75 bits per heavy atom. The average molecular weight is 264 g/mol. The Bertz CT molecular complexity index is 738. The maximum absolute atomic E-state index is 6.03. The van der Waals surface area contributed by atoms with E-state index in [0.29, 0.717) is 6.54 Å². The number of hydrogen-bond donors (Lipinski definition) is 2. The summed E-state index contributed by atoms with van der Waals surface area (Å²) in [6.07, 6.45) is 3.57. The number of nitrogens with zero attached hydrogens (tertiary/aromatic N) is 2. The fraction of sp³-hybridized carbons (Fsp3) is 0.125. The van der Waals surface area contributed by atoms with Crippen LogP contribution in [0.4, 0.5) is 11.5 Å². The number of anilines is 2. The van der Waals surface area contributed by atoms with Crippen LogP contribution in [-0.2, 0) is 6.54 Å². The molecule has 0 aliphatic heterocycles. The van der Waals surface area contributed by atoms with Gasteiger partial charge in [0.05, 0.1) is 12.2 Å². The molecule has 3 N–H and O–H groups in total. The van der Waals surface area contributed by atoms with E-state index in [1.54, 1.807) is 12.4 Å². The molecule has 0 radical (unpaired) electrons. The van der Waals surface area contributed by atoms with Crippen molar-refractivity contribution in [2.24, 2.45) is 0 Å². The highest BCUT2D eigenvalue weighted by Gasteiger charge is 2.07. The van der Waals surface area contributed by atoms with Gasteiger partial charge in [-0.25, -0.2) is 4.98 Å². The molecule has 0 amide bonds. The Kier molecular flexibility index (Phi) is 3.21. The number of nitrogens with one attached hydrogen (secondary N) is 1. The maximum Gasteiger partial charge on any atom is 0.134 e. The molecule has 3 rings (SSSR count). The van der Waals surface area contributed by atoms with Crippen LogP contribution < -0.4 is 11.1 Å². The lowest BCUT2D eigenvalue weighted by Gasteiger charge is -2.11. The van der Waals surface area contributed by atoms with Gasteiger partial charge in [-0.15, -0.1) is 0 Å². The number of fused-ring (bicyclic) bond motifs is 1. The molecule has 1 aromatic carbocycles. The first kappa shape index (κ1) is 12.4. The van der Waals surface area contributed by atoms with Gasteiger partial charge in [0.25, 0.3) is 0 Å². The fourth-order valence-electron chi connectivity index (χ4n) is 2.30. The zero-order valence-corrected chi connectivity index (χ0v) is 11.3. The van der Waals surface area contributed by atoms with Crippen molar-refractivity contribution < 1.29 is 0 Å². The number of hydrogen-bond acceptors (Lipinski definition) is 4. The Hall–Kier alpha value is -2.62. The van der Waals surface area contributed by atoms with Crippen LogP contribution in [0, 0.1) is 6.92 Å². The summed E-state index contributed by atoms with van der Waals surface area (Å²) in [4.78, 5) is 8.73.